The summed E-state index contributed by atoms with van der Waals surface area (Å²) in [6.07, 6.45) is 42.1. The second-order valence-corrected chi connectivity index (χ2v) is 14.0. The number of hydrogen-bond donors (Lipinski definition) is 0. The van der Waals surface area contributed by atoms with Crippen LogP contribution in [0.1, 0.15) is 252 Å². The van der Waals surface area contributed by atoms with Gasteiger partial charge in [0.1, 0.15) is 0 Å². The van der Waals surface area contributed by atoms with Crippen LogP contribution in [0.2, 0.25) is 0 Å². The minimum absolute atomic E-state index is 0. The first kappa shape index (κ1) is 55.5. The van der Waals surface area contributed by atoms with Crippen molar-refractivity contribution in [2.75, 3.05) is 0 Å². The number of carbonyl (C=O) groups excluding carboxylic acids is 3. The van der Waals surface area contributed by atoms with E-state index in [4.69, 9.17) is 0 Å². The molecule has 0 atom stereocenters. The standard InChI is InChI=1S/3C14H28O2.Pr/c3*1-2-3-4-5-6-7-8-9-10-11-12-13-14(15)16;/h3*2-13H2,1H3,(H,15,16);/q;;;+3/p-3. The molecule has 0 heterocycles. The van der Waals surface area contributed by atoms with Gasteiger partial charge in [-0.1, -0.05) is 213 Å². The van der Waals surface area contributed by atoms with Gasteiger partial charge in [0.05, 0.1) is 0 Å². The molecule has 0 radical (unpaired) electrons. The van der Waals surface area contributed by atoms with Crippen molar-refractivity contribution in [3.63, 3.8) is 0 Å². The average Bonchev–Trinajstić information content (AvgIpc) is 3.05. The van der Waals surface area contributed by atoms with Gasteiger partial charge >= 0.3 is 41.3 Å². The van der Waals surface area contributed by atoms with Gasteiger partial charge in [-0.3, -0.25) is 0 Å². The van der Waals surface area contributed by atoms with E-state index in [-0.39, 0.29) is 60.6 Å². The predicted molar refractivity (Wildman–Crippen MR) is 198 cm³/mol. The van der Waals surface area contributed by atoms with Crippen LogP contribution >= 0.6 is 0 Å². The second kappa shape index (κ2) is 52.1. The largest absolute Gasteiger partial charge is 3.00 e. The summed E-state index contributed by atoms with van der Waals surface area (Å²) in [6, 6.07) is 0. The molecule has 0 fully saturated rings. The molecule has 288 valence electrons. The Morgan fingerprint density at radius 2 is 0.388 bits per heavy atom. The normalized spacial score (nSPS) is 10.3. The third-order valence-electron chi connectivity index (χ3n) is 8.95. The Morgan fingerprint density at radius 1 is 0.265 bits per heavy atom. The zero-order chi connectivity index (χ0) is 36.2. The van der Waals surface area contributed by atoms with Crippen molar-refractivity contribution >= 4 is 17.9 Å². The molecule has 0 aromatic rings. The van der Waals surface area contributed by atoms with Gasteiger partial charge in [0.2, 0.25) is 0 Å². The first-order chi connectivity index (χ1) is 23.3. The van der Waals surface area contributed by atoms with Gasteiger partial charge in [0.25, 0.3) is 0 Å². The average molecular weight is 823 g/mol. The minimum atomic E-state index is -0.907. The van der Waals surface area contributed by atoms with Gasteiger partial charge in [0, 0.05) is 17.9 Å². The molecule has 49 heavy (non-hydrogen) atoms. The first-order valence-electron chi connectivity index (χ1n) is 20.9. The smallest absolute Gasteiger partial charge is 0.550 e. The molecule has 0 aromatic carbocycles. The van der Waals surface area contributed by atoms with Crippen molar-refractivity contribution in [1.29, 1.82) is 0 Å². The number of hydrogen-bond acceptors (Lipinski definition) is 6. The van der Waals surface area contributed by atoms with Crippen LogP contribution in [0.5, 0.6) is 0 Å². The van der Waals surface area contributed by atoms with Gasteiger partial charge in [0.15, 0.2) is 0 Å². The fraction of sp³-hybridized carbons (Fsp3) is 0.929. The number of aliphatic carboxylic acids is 3. The van der Waals surface area contributed by atoms with Crippen LogP contribution in [0, 0.1) is 41.3 Å². The topological polar surface area (TPSA) is 120 Å². The van der Waals surface area contributed by atoms with Crippen molar-refractivity contribution in [3.8, 4) is 0 Å². The van der Waals surface area contributed by atoms with Crippen molar-refractivity contribution < 1.29 is 71.0 Å². The monoisotopic (exact) mass is 823 g/mol. The molecule has 0 amide bonds. The van der Waals surface area contributed by atoms with E-state index < -0.39 is 17.9 Å². The van der Waals surface area contributed by atoms with E-state index in [9.17, 15) is 29.7 Å². The Labute approximate surface area is 338 Å². The Morgan fingerprint density at radius 3 is 0.510 bits per heavy atom. The van der Waals surface area contributed by atoms with Crippen LogP contribution in [0.3, 0.4) is 0 Å². The second-order valence-electron chi connectivity index (χ2n) is 14.0. The molecular weight excluding hydrogens is 741 g/mol. The van der Waals surface area contributed by atoms with Crippen molar-refractivity contribution in [3.05, 3.63) is 0 Å². The summed E-state index contributed by atoms with van der Waals surface area (Å²) in [5.74, 6) is -2.72. The molecule has 0 aromatic heterocycles. The van der Waals surface area contributed by atoms with E-state index in [1.165, 1.54) is 173 Å². The Bertz CT molecular complexity index is 557. The summed E-state index contributed by atoms with van der Waals surface area (Å²) in [6.45, 7) is 6.73. The van der Waals surface area contributed by atoms with E-state index in [0.717, 1.165) is 38.5 Å². The fourth-order valence-corrected chi connectivity index (χ4v) is 5.80. The van der Waals surface area contributed by atoms with Crippen LogP contribution in [-0.4, -0.2) is 17.9 Å². The molecule has 0 aliphatic heterocycles. The molecule has 6 nitrogen and oxygen atoms in total. The summed E-state index contributed by atoms with van der Waals surface area (Å²) >= 11 is 0. The van der Waals surface area contributed by atoms with Crippen LogP contribution < -0.4 is 15.3 Å². The SMILES string of the molecule is CCCCCCCCCCCCCC(=O)[O-].CCCCCCCCCCCCCC(=O)[O-].CCCCCCCCCCCCCC(=O)[O-].[Pr+3]. The molecule has 0 saturated heterocycles. The van der Waals surface area contributed by atoms with E-state index in [1.807, 2.05) is 0 Å². The number of carboxylic acid groups (broad SMARTS) is 3. The summed E-state index contributed by atoms with van der Waals surface area (Å²) < 4.78 is 0. The molecule has 0 aliphatic rings. The van der Waals surface area contributed by atoms with Crippen molar-refractivity contribution in [2.45, 2.75) is 252 Å². The molecule has 0 unspecified atom stereocenters. The Hall–Kier alpha value is -0.226. The summed E-state index contributed by atoms with van der Waals surface area (Å²) in [7, 11) is 0. The fourth-order valence-electron chi connectivity index (χ4n) is 5.80. The molecule has 0 saturated carbocycles. The molecule has 0 rings (SSSR count). The third-order valence-corrected chi connectivity index (χ3v) is 8.95. The molecule has 0 aliphatic carbocycles. The maximum Gasteiger partial charge on any atom is 3.00 e. The molecule has 0 spiro atoms. The van der Waals surface area contributed by atoms with E-state index in [0.29, 0.717) is 0 Å². The van der Waals surface area contributed by atoms with E-state index >= 15 is 0 Å². The van der Waals surface area contributed by atoms with Crippen LogP contribution in [0.4, 0.5) is 0 Å². The molecule has 7 heteroatoms. The summed E-state index contributed by atoms with van der Waals surface area (Å²) in [4.78, 5) is 30.4. The Balaban J connectivity index is -0.000000307. The summed E-state index contributed by atoms with van der Waals surface area (Å²) in [5, 5.41) is 30.4. The maximum absolute atomic E-state index is 10.1. The quantitative estimate of drug-likeness (QED) is 0.0580. The first-order valence-corrected chi connectivity index (χ1v) is 20.9. The minimum Gasteiger partial charge on any atom is -0.550 e. The zero-order valence-corrected chi connectivity index (χ0v) is 36.7. The molecule has 0 N–H and O–H groups in total. The van der Waals surface area contributed by atoms with Gasteiger partial charge in [-0.05, 0) is 38.5 Å². The predicted octanol–water partition coefficient (Wildman–Crippen LogP) is 10.3. The van der Waals surface area contributed by atoms with Crippen LogP contribution in [-0.2, 0) is 14.4 Å². The van der Waals surface area contributed by atoms with Gasteiger partial charge in [-0.2, -0.15) is 0 Å². The third kappa shape index (κ3) is 66.6. The van der Waals surface area contributed by atoms with Gasteiger partial charge in [-0.15, -0.1) is 0 Å². The van der Waals surface area contributed by atoms with Crippen LogP contribution in [0.15, 0.2) is 0 Å². The number of unbranched alkanes of at least 4 members (excludes halogenated alkanes) is 30. The van der Waals surface area contributed by atoms with Gasteiger partial charge in [-0.25, -0.2) is 0 Å². The zero-order valence-electron chi connectivity index (χ0n) is 33.0. The van der Waals surface area contributed by atoms with Gasteiger partial charge < -0.3 is 29.7 Å². The number of rotatable bonds is 36. The molecule has 0 bridgehead atoms. The maximum atomic E-state index is 10.1. The van der Waals surface area contributed by atoms with Crippen LogP contribution in [0.25, 0.3) is 0 Å². The Kier molecular flexibility index (Phi) is 59.1. The number of carbonyl (C=O) groups is 3. The van der Waals surface area contributed by atoms with Crippen molar-refractivity contribution in [1.82, 2.24) is 0 Å². The number of carboxylic acids is 3. The molecular formula is C42H81O6Pr. The van der Waals surface area contributed by atoms with E-state index in [1.54, 1.807) is 0 Å². The summed E-state index contributed by atoms with van der Waals surface area (Å²) in [5.41, 5.74) is 0. The van der Waals surface area contributed by atoms with E-state index in [2.05, 4.69) is 20.8 Å². The van der Waals surface area contributed by atoms with Crippen molar-refractivity contribution in [2.24, 2.45) is 0 Å².